The Morgan fingerprint density at radius 1 is 0.635 bits per heavy atom. The summed E-state index contributed by atoms with van der Waals surface area (Å²) in [6.45, 7) is 14.1. The Morgan fingerprint density at radius 3 is 1.89 bits per heavy atom. The second kappa shape index (κ2) is 21.4. The van der Waals surface area contributed by atoms with Crippen molar-refractivity contribution in [2.24, 2.45) is 85.8 Å². The lowest BCUT2D eigenvalue weighted by molar-refractivity contribution is -0.200. The molecule has 1 saturated heterocycles. The fourth-order valence-electron chi connectivity index (χ4n) is 22.7. The van der Waals surface area contributed by atoms with Crippen LogP contribution in [0.15, 0.2) is 59.3 Å². The number of ketones is 6. The van der Waals surface area contributed by atoms with Gasteiger partial charge in [0.05, 0.1) is 29.3 Å². The summed E-state index contributed by atoms with van der Waals surface area (Å²) < 4.78 is 12.7. The third kappa shape index (κ3) is 8.46. The number of aliphatic hydroxyl groups excluding tert-OH is 6. The monoisotopic (exact) mass is 1200 g/mol. The normalized spacial score (nSPS) is 51.1. The van der Waals surface area contributed by atoms with E-state index < -0.39 is 105 Å². The van der Waals surface area contributed by atoms with Crippen LogP contribution in [-0.2, 0) is 38.2 Å². The number of allylic oxidation sites excluding steroid dienone is 9. The van der Waals surface area contributed by atoms with Crippen molar-refractivity contribution >= 4 is 46.3 Å². The van der Waals surface area contributed by atoms with Crippen molar-refractivity contribution in [3.8, 4) is 0 Å². The Bertz CT molecular complexity index is 2970. The van der Waals surface area contributed by atoms with Gasteiger partial charge in [-0.3, -0.25) is 28.8 Å². The molecule has 10 fully saturated rings. The van der Waals surface area contributed by atoms with Gasteiger partial charge in [0.1, 0.15) is 31.0 Å². The average molecular weight is 1200 g/mol. The quantitative estimate of drug-likeness (QED) is 0.118. The van der Waals surface area contributed by atoms with Gasteiger partial charge in [0.15, 0.2) is 46.6 Å². The van der Waals surface area contributed by atoms with E-state index in [0.29, 0.717) is 57.8 Å². The fraction of sp³-hybridized carbons (Fsp3) is 0.765. The SMILES string of the molecule is CCC[C@@H]1O[C@@H]2C[C@H]3[C@@H]4CCC5=CC(=O)C=C[C@]5(C)[C@H]4[C@@H](O)C[C@]3(C)[C@]2(C(=O)CO)O1.C[C@H]1C[C@H]2[C@@H]3CCC4=CC(=O)C=C[C@]4(C)[C@@]3(Cl)[C@@H](O)C[C@]2(C)[C@@]1(O)C(=O)CO.C[C@]12CCC(=O)C=C1CC[C@@H]1[C@@H]2[C@@H](O)C[C@@]2(C)[C@H]1CC[C@]2(O)C(=O)CO. The lowest BCUT2D eigenvalue weighted by atomic mass is 9.45. The Morgan fingerprint density at radius 2 is 1.24 bits per heavy atom. The van der Waals surface area contributed by atoms with Crippen LogP contribution < -0.4 is 0 Å². The highest BCUT2D eigenvalue weighted by molar-refractivity contribution is 6.26. The third-order valence-corrected chi connectivity index (χ3v) is 27.7. The molecule has 16 nitrogen and oxygen atoms in total. The number of ether oxygens (including phenoxy) is 2. The first kappa shape index (κ1) is 63.2. The largest absolute Gasteiger partial charge is 0.393 e. The zero-order chi connectivity index (χ0) is 61.8. The lowest BCUT2D eigenvalue weighted by Gasteiger charge is -2.63. The molecule has 9 saturated carbocycles. The number of carbonyl (C=O) groups excluding carboxylic acids is 6. The summed E-state index contributed by atoms with van der Waals surface area (Å²) in [6, 6.07) is 0. The molecular formula is C68H93ClO16. The lowest BCUT2D eigenvalue weighted by Crippen LogP contribution is -2.69. The first-order valence-corrected chi connectivity index (χ1v) is 32.3. The van der Waals surface area contributed by atoms with Gasteiger partial charge in [-0.05, 0) is 179 Å². The van der Waals surface area contributed by atoms with Crippen molar-refractivity contribution in [2.45, 2.75) is 217 Å². The molecule has 13 rings (SSSR count). The van der Waals surface area contributed by atoms with Crippen molar-refractivity contribution in [2.75, 3.05) is 19.8 Å². The first-order valence-electron chi connectivity index (χ1n) is 31.9. The van der Waals surface area contributed by atoms with E-state index in [1.807, 2.05) is 39.8 Å². The van der Waals surface area contributed by atoms with Crippen molar-refractivity contribution in [3.05, 3.63) is 59.3 Å². The van der Waals surface area contributed by atoms with E-state index in [9.17, 15) is 69.6 Å². The minimum absolute atomic E-state index is 0.0125. The molecule has 12 aliphatic carbocycles. The Hall–Kier alpha value is -3.39. The van der Waals surface area contributed by atoms with Crippen molar-refractivity contribution in [1.82, 2.24) is 0 Å². The number of hydrogen-bond acceptors (Lipinski definition) is 16. The molecule has 0 aromatic rings. The summed E-state index contributed by atoms with van der Waals surface area (Å²) in [6.07, 6.45) is 20.3. The van der Waals surface area contributed by atoms with Crippen molar-refractivity contribution < 1.29 is 79.1 Å². The average Bonchev–Trinajstić information content (AvgIpc) is 1.65. The van der Waals surface area contributed by atoms with Gasteiger partial charge in [0, 0.05) is 39.4 Å². The summed E-state index contributed by atoms with van der Waals surface area (Å²) in [5, 5.41) is 85.5. The van der Waals surface area contributed by atoms with Crippen LogP contribution in [0.5, 0.6) is 0 Å². The molecule has 1 heterocycles. The number of aliphatic hydroxyl groups is 8. The molecule has 468 valence electrons. The maximum absolute atomic E-state index is 13.2. The molecule has 8 N–H and O–H groups in total. The van der Waals surface area contributed by atoms with Crippen molar-refractivity contribution in [1.29, 1.82) is 0 Å². The molecule has 24 atom stereocenters. The number of alkyl halides is 1. The summed E-state index contributed by atoms with van der Waals surface area (Å²) in [5.41, 5.74) is -4.53. The van der Waals surface area contributed by atoms with Crippen LogP contribution in [0.3, 0.4) is 0 Å². The van der Waals surface area contributed by atoms with Crippen LogP contribution >= 0.6 is 11.6 Å². The molecule has 0 aromatic heterocycles. The second-order valence-corrected chi connectivity index (χ2v) is 30.7. The molecule has 0 bridgehead atoms. The molecular weight excluding hydrogens is 1110 g/mol. The maximum Gasteiger partial charge on any atom is 0.193 e. The standard InChI is InChI=1S/C25H34O6.C22H29ClO5.C21H30O5/c1-4-5-21-30-20-11-17-16-7-6-14-10-15(27)8-9-23(14,2)22(16)18(28)12-24(17,3)25(20,31-21)19(29)13-26;1-12-8-16-15-5-4-13-9-14(25)6-7-19(13,2)21(15,23)17(26)10-20(16,3)22(12,28)18(27)11-24;1-19-7-5-13(23)9-12(19)3-4-14-15-6-8-21(26,17(25)11-22)20(15,2)10-16(24)18(14)19/h8-10,16-18,20-22,26,28H,4-7,11-13H2,1-3H3;6-7,9,12,15-17,24,26,28H,4-5,8,10-11H2,1-3H3;9,14-16,18,22,24,26H,3-8,10-11H2,1-2H3/t16-,17-,18-,20+,21+,22+,23-,24-,25+;12-,15-,16-,17-,19-,20-,21-,22-;14-,15-,16-,18+,19-,20-,21-/m000/s1. The van der Waals surface area contributed by atoms with Gasteiger partial charge in [-0.1, -0.05) is 90.7 Å². The smallest absolute Gasteiger partial charge is 0.193 e. The van der Waals surface area contributed by atoms with Crippen molar-refractivity contribution in [3.63, 3.8) is 0 Å². The number of halogens is 1. The topological polar surface area (TPSA) is 283 Å². The number of hydrogen-bond donors (Lipinski definition) is 8. The summed E-state index contributed by atoms with van der Waals surface area (Å²) in [7, 11) is 0. The van der Waals surface area contributed by atoms with Gasteiger partial charge in [-0.2, -0.15) is 0 Å². The van der Waals surface area contributed by atoms with Gasteiger partial charge in [0.2, 0.25) is 0 Å². The molecule has 0 unspecified atom stereocenters. The second-order valence-electron chi connectivity index (χ2n) is 30.0. The van der Waals surface area contributed by atoms with E-state index in [1.54, 1.807) is 24.3 Å². The van der Waals surface area contributed by atoms with Gasteiger partial charge in [-0.15, -0.1) is 11.6 Å². The minimum Gasteiger partial charge on any atom is -0.393 e. The molecule has 0 aromatic carbocycles. The zero-order valence-corrected chi connectivity index (χ0v) is 51.7. The van der Waals surface area contributed by atoms with E-state index in [1.165, 1.54) is 11.6 Å². The number of rotatable bonds is 8. The predicted octanol–water partition coefficient (Wildman–Crippen LogP) is 6.66. The molecule has 13 aliphatic rings. The minimum atomic E-state index is -1.68. The molecule has 85 heavy (non-hydrogen) atoms. The van der Waals surface area contributed by atoms with E-state index in [2.05, 4.69) is 27.7 Å². The van der Waals surface area contributed by atoms with Gasteiger partial charge in [-0.25, -0.2) is 0 Å². The van der Waals surface area contributed by atoms with E-state index in [-0.39, 0.29) is 93.6 Å². The Labute approximate surface area is 505 Å². The van der Waals surface area contributed by atoms with Crippen LogP contribution in [-0.4, -0.2) is 148 Å². The fourth-order valence-corrected chi connectivity index (χ4v) is 23.2. The molecule has 1 aliphatic heterocycles. The van der Waals surface area contributed by atoms with Gasteiger partial charge >= 0.3 is 0 Å². The van der Waals surface area contributed by atoms with Gasteiger partial charge in [0.25, 0.3) is 0 Å². The van der Waals surface area contributed by atoms with Crippen LogP contribution in [0.25, 0.3) is 0 Å². The van der Waals surface area contributed by atoms with Crippen LogP contribution in [0, 0.1) is 85.8 Å². The molecule has 0 radical (unpaired) electrons. The Kier molecular flexibility index (Phi) is 15.9. The molecule has 0 amide bonds. The van der Waals surface area contributed by atoms with E-state index in [4.69, 9.17) is 21.1 Å². The summed E-state index contributed by atoms with van der Waals surface area (Å²) >= 11 is 7.30. The van der Waals surface area contributed by atoms with Crippen LogP contribution in [0.2, 0.25) is 0 Å². The summed E-state index contributed by atoms with van der Waals surface area (Å²) in [5.74, 6) is -0.981. The number of fused-ring (bicyclic) bond motifs is 17. The number of carbonyl (C=O) groups is 6. The maximum atomic E-state index is 13.2. The highest BCUT2D eigenvalue weighted by atomic mass is 35.5. The zero-order valence-electron chi connectivity index (χ0n) is 51.0. The Balaban J connectivity index is 0.000000133. The highest BCUT2D eigenvalue weighted by Crippen LogP contribution is 2.73. The van der Waals surface area contributed by atoms with E-state index in [0.717, 1.165) is 56.1 Å². The van der Waals surface area contributed by atoms with Crippen LogP contribution in [0.1, 0.15) is 165 Å². The van der Waals surface area contributed by atoms with Gasteiger partial charge < -0.3 is 50.3 Å². The number of Topliss-reactive ketones (excluding diaryl/α,β-unsaturated/α-hetero) is 3. The predicted molar refractivity (Wildman–Crippen MR) is 313 cm³/mol. The summed E-state index contributed by atoms with van der Waals surface area (Å²) in [4.78, 5) is 73.0. The molecule has 17 heteroatoms. The highest BCUT2D eigenvalue weighted by Gasteiger charge is 2.77. The third-order valence-electron chi connectivity index (χ3n) is 26.8. The van der Waals surface area contributed by atoms with Crippen LogP contribution in [0.4, 0.5) is 0 Å². The van der Waals surface area contributed by atoms with E-state index >= 15 is 0 Å². The first-order chi connectivity index (χ1) is 39.8. The molecule has 0 spiro atoms.